The maximum Gasteiger partial charge on any atom is 0.161 e. The van der Waals surface area contributed by atoms with Gasteiger partial charge in [0.15, 0.2) is 11.5 Å². The fourth-order valence-electron chi connectivity index (χ4n) is 3.26. The van der Waals surface area contributed by atoms with E-state index in [0.29, 0.717) is 24.7 Å². The first-order valence-electron chi connectivity index (χ1n) is 8.48. The fraction of sp³-hybridized carbons (Fsp3) is 0.400. The van der Waals surface area contributed by atoms with Gasteiger partial charge in [0.2, 0.25) is 0 Å². The number of methoxy groups -OCH3 is 2. The minimum Gasteiger partial charge on any atom is -0.493 e. The van der Waals surface area contributed by atoms with E-state index in [1.54, 1.807) is 14.2 Å². The van der Waals surface area contributed by atoms with Gasteiger partial charge in [0.1, 0.15) is 0 Å². The van der Waals surface area contributed by atoms with Gasteiger partial charge < -0.3 is 24.6 Å². The van der Waals surface area contributed by atoms with Gasteiger partial charge in [-0.2, -0.15) is 0 Å². The Kier molecular flexibility index (Phi) is 5.91. The summed E-state index contributed by atoms with van der Waals surface area (Å²) < 4.78 is 16.8. The summed E-state index contributed by atoms with van der Waals surface area (Å²) in [6.45, 7) is 1.17. The molecule has 0 fully saturated rings. The summed E-state index contributed by atoms with van der Waals surface area (Å²) in [6.07, 6.45) is 0.751. The van der Waals surface area contributed by atoms with Crippen molar-refractivity contribution in [3.05, 3.63) is 59.2 Å². The quantitative estimate of drug-likeness (QED) is 0.809. The van der Waals surface area contributed by atoms with Gasteiger partial charge in [0.05, 0.1) is 40.1 Å². The van der Waals surface area contributed by atoms with E-state index in [9.17, 15) is 5.11 Å². The van der Waals surface area contributed by atoms with Gasteiger partial charge in [-0.15, -0.1) is 0 Å². The predicted molar refractivity (Wildman–Crippen MR) is 96.1 cm³/mol. The van der Waals surface area contributed by atoms with Crippen molar-refractivity contribution in [2.24, 2.45) is 0 Å². The number of ether oxygens (including phenoxy) is 3. The summed E-state index contributed by atoms with van der Waals surface area (Å²) in [4.78, 5) is 0. The molecule has 5 nitrogen and oxygen atoms in total. The Labute approximate surface area is 148 Å². The average Bonchev–Trinajstić information content (AvgIpc) is 2.67. The first-order valence-corrected chi connectivity index (χ1v) is 8.48. The first kappa shape index (κ1) is 17.7. The number of hydrogen-bond acceptors (Lipinski definition) is 5. The van der Waals surface area contributed by atoms with E-state index in [1.165, 1.54) is 0 Å². The van der Waals surface area contributed by atoms with Crippen molar-refractivity contribution >= 4 is 0 Å². The Balaban J connectivity index is 1.77. The lowest BCUT2D eigenvalue weighted by atomic mass is 9.90. The van der Waals surface area contributed by atoms with Gasteiger partial charge in [-0.05, 0) is 35.2 Å². The van der Waals surface area contributed by atoms with Gasteiger partial charge in [0.25, 0.3) is 0 Å². The smallest absolute Gasteiger partial charge is 0.161 e. The molecule has 2 N–H and O–H groups in total. The standard InChI is InChI=1S/C20H25NO4/c1-23-19-9-15-8-16(11-22)21-18(17(15)10-20(19)24-2)13-25-12-14-6-4-3-5-7-14/h3-7,9-10,16,18,21-22H,8,11-13H2,1-2H3/t16-,18-/m0/s1. The topological polar surface area (TPSA) is 60.0 Å². The maximum atomic E-state index is 9.61. The van der Waals surface area contributed by atoms with Gasteiger partial charge in [0, 0.05) is 6.04 Å². The fourth-order valence-corrected chi connectivity index (χ4v) is 3.26. The Morgan fingerprint density at radius 3 is 2.48 bits per heavy atom. The van der Waals surface area contributed by atoms with Crippen LogP contribution in [-0.4, -0.2) is 38.6 Å². The Hall–Kier alpha value is -2.08. The average molecular weight is 343 g/mol. The molecule has 2 aromatic carbocycles. The Bertz CT molecular complexity index is 690. The molecule has 0 aliphatic carbocycles. The molecular formula is C20H25NO4. The molecule has 2 aromatic rings. The summed E-state index contributed by atoms with van der Waals surface area (Å²) in [6, 6.07) is 14.1. The van der Waals surface area contributed by atoms with Crippen molar-refractivity contribution in [1.82, 2.24) is 5.32 Å². The van der Waals surface area contributed by atoms with Gasteiger partial charge in [-0.1, -0.05) is 30.3 Å². The molecule has 0 spiro atoms. The molecule has 0 radical (unpaired) electrons. The summed E-state index contributed by atoms with van der Waals surface area (Å²) >= 11 is 0. The van der Waals surface area contributed by atoms with Crippen molar-refractivity contribution in [2.45, 2.75) is 25.1 Å². The van der Waals surface area contributed by atoms with E-state index in [2.05, 4.69) is 5.32 Å². The van der Waals surface area contributed by atoms with E-state index >= 15 is 0 Å². The number of benzene rings is 2. The summed E-state index contributed by atoms with van der Waals surface area (Å²) in [5.74, 6) is 1.42. The van der Waals surface area contributed by atoms with Crippen LogP contribution in [0.3, 0.4) is 0 Å². The predicted octanol–water partition coefficient (Wildman–Crippen LogP) is 2.47. The zero-order chi connectivity index (χ0) is 17.6. The van der Waals surface area contributed by atoms with Crippen LogP contribution < -0.4 is 14.8 Å². The zero-order valence-electron chi connectivity index (χ0n) is 14.7. The maximum absolute atomic E-state index is 9.61. The molecule has 0 bridgehead atoms. The van der Waals surface area contributed by atoms with Gasteiger partial charge in [-0.25, -0.2) is 0 Å². The van der Waals surface area contributed by atoms with Crippen LogP contribution in [0.4, 0.5) is 0 Å². The Morgan fingerprint density at radius 2 is 1.80 bits per heavy atom. The van der Waals surface area contributed by atoms with E-state index in [4.69, 9.17) is 14.2 Å². The SMILES string of the molecule is COc1cc2c(cc1OC)[C@H](COCc1ccccc1)N[C@H](CO)C2. The second-order valence-corrected chi connectivity index (χ2v) is 6.21. The van der Waals surface area contributed by atoms with Crippen molar-refractivity contribution in [1.29, 1.82) is 0 Å². The van der Waals surface area contributed by atoms with Crippen LogP contribution in [0, 0.1) is 0 Å². The number of hydrogen-bond donors (Lipinski definition) is 2. The third kappa shape index (κ3) is 4.12. The second-order valence-electron chi connectivity index (χ2n) is 6.21. The molecule has 0 aromatic heterocycles. The van der Waals surface area contributed by atoms with E-state index < -0.39 is 0 Å². The molecule has 0 saturated carbocycles. The van der Waals surface area contributed by atoms with E-state index in [1.807, 2.05) is 42.5 Å². The molecular weight excluding hydrogens is 318 g/mol. The Morgan fingerprint density at radius 1 is 1.08 bits per heavy atom. The molecule has 1 aliphatic heterocycles. The molecule has 3 rings (SSSR count). The van der Waals surface area contributed by atoms with Crippen molar-refractivity contribution in [3.63, 3.8) is 0 Å². The van der Waals surface area contributed by atoms with Crippen LogP contribution in [0.2, 0.25) is 0 Å². The van der Waals surface area contributed by atoms with Crippen LogP contribution in [0.1, 0.15) is 22.7 Å². The highest BCUT2D eigenvalue weighted by atomic mass is 16.5. The molecule has 1 heterocycles. The highest BCUT2D eigenvalue weighted by Gasteiger charge is 2.28. The molecule has 2 atom stereocenters. The number of fused-ring (bicyclic) bond motifs is 1. The number of aliphatic hydroxyl groups excluding tert-OH is 1. The summed E-state index contributed by atoms with van der Waals surface area (Å²) in [7, 11) is 3.27. The van der Waals surface area contributed by atoms with Gasteiger partial charge in [-0.3, -0.25) is 0 Å². The minimum absolute atomic E-state index is 0.00409. The van der Waals surface area contributed by atoms with E-state index in [-0.39, 0.29) is 18.7 Å². The van der Waals surface area contributed by atoms with Crippen LogP contribution in [0.5, 0.6) is 11.5 Å². The molecule has 0 saturated heterocycles. The second kappa shape index (κ2) is 8.34. The summed E-state index contributed by atoms with van der Waals surface area (Å²) in [5.41, 5.74) is 3.43. The molecule has 1 aliphatic rings. The van der Waals surface area contributed by atoms with Gasteiger partial charge >= 0.3 is 0 Å². The number of rotatable bonds is 7. The molecule has 0 unspecified atom stereocenters. The molecule has 134 valence electrons. The number of aliphatic hydroxyl groups is 1. The van der Waals surface area contributed by atoms with E-state index in [0.717, 1.165) is 23.1 Å². The lowest BCUT2D eigenvalue weighted by Crippen LogP contribution is -2.43. The molecule has 5 heteroatoms. The van der Waals surface area contributed by atoms with Crippen molar-refractivity contribution in [3.8, 4) is 11.5 Å². The normalized spacial score (nSPS) is 19.3. The van der Waals surface area contributed by atoms with Crippen LogP contribution in [0.15, 0.2) is 42.5 Å². The van der Waals surface area contributed by atoms with Crippen LogP contribution >= 0.6 is 0 Å². The third-order valence-corrected chi connectivity index (χ3v) is 4.54. The summed E-state index contributed by atoms with van der Waals surface area (Å²) in [5, 5.41) is 13.1. The zero-order valence-corrected chi connectivity index (χ0v) is 14.7. The first-order chi connectivity index (χ1) is 12.2. The number of nitrogens with one attached hydrogen (secondary N) is 1. The van der Waals surface area contributed by atoms with Crippen LogP contribution in [-0.2, 0) is 17.8 Å². The molecule has 25 heavy (non-hydrogen) atoms. The largest absolute Gasteiger partial charge is 0.493 e. The minimum atomic E-state index is 0.00409. The lowest BCUT2D eigenvalue weighted by Gasteiger charge is -2.33. The monoisotopic (exact) mass is 343 g/mol. The lowest BCUT2D eigenvalue weighted by molar-refractivity contribution is 0.0871. The van der Waals surface area contributed by atoms with Crippen LogP contribution in [0.25, 0.3) is 0 Å². The van der Waals surface area contributed by atoms with Crippen molar-refractivity contribution in [2.75, 3.05) is 27.4 Å². The van der Waals surface area contributed by atoms with Crippen molar-refractivity contribution < 1.29 is 19.3 Å². The third-order valence-electron chi connectivity index (χ3n) is 4.54. The molecule has 0 amide bonds. The highest BCUT2D eigenvalue weighted by Crippen LogP contribution is 2.36. The highest BCUT2D eigenvalue weighted by molar-refractivity contribution is 5.49.